The zero-order valence-electron chi connectivity index (χ0n) is 16.1. The fraction of sp³-hybridized carbons (Fsp3) is 0.0526. The minimum atomic E-state index is -3.87. The van der Waals surface area contributed by atoms with E-state index in [2.05, 4.69) is 25.6 Å². The zero-order valence-corrected chi connectivity index (χ0v) is 17.7. The van der Waals surface area contributed by atoms with Gasteiger partial charge in [0.2, 0.25) is 11.8 Å². The monoisotopic (exact) mass is 459 g/mol. The highest BCUT2D eigenvalue weighted by atomic mass is 32.2. The number of ether oxygens (including phenoxy) is 1. The van der Waals surface area contributed by atoms with Crippen molar-refractivity contribution in [3.63, 3.8) is 0 Å². The molecule has 0 aliphatic rings. The molecule has 2 heterocycles. The summed E-state index contributed by atoms with van der Waals surface area (Å²) in [4.78, 5) is 11.9. The van der Waals surface area contributed by atoms with Crippen molar-refractivity contribution in [3.8, 4) is 5.88 Å². The molecule has 0 aliphatic heterocycles. The fourth-order valence-corrected chi connectivity index (χ4v) is 3.47. The average molecular weight is 460 g/mol. The van der Waals surface area contributed by atoms with Gasteiger partial charge in [-0.2, -0.15) is 0 Å². The number of rotatable bonds is 7. The first-order valence-corrected chi connectivity index (χ1v) is 10.6. The number of nitrogens with zero attached hydrogens (tertiary/aromatic N) is 2. The summed E-state index contributed by atoms with van der Waals surface area (Å²) < 4.78 is 37.2. The second-order valence-electron chi connectivity index (χ2n) is 5.88. The van der Waals surface area contributed by atoms with Crippen molar-refractivity contribution >= 4 is 50.8 Å². The molecule has 12 heteroatoms. The number of benzene rings is 1. The van der Waals surface area contributed by atoms with Gasteiger partial charge < -0.3 is 14.5 Å². The molecule has 0 bridgehead atoms. The van der Waals surface area contributed by atoms with E-state index in [0.29, 0.717) is 11.4 Å². The summed E-state index contributed by atoms with van der Waals surface area (Å²) in [7, 11) is -2.44. The lowest BCUT2D eigenvalue weighted by Gasteiger charge is -2.10. The third-order valence-corrected chi connectivity index (χ3v) is 5.26. The van der Waals surface area contributed by atoms with Gasteiger partial charge in [-0.05, 0) is 60.8 Å². The second kappa shape index (κ2) is 9.82. The molecule has 0 radical (unpaired) electrons. The number of carbonyl (C=O) groups excluding carboxylic acids is 1. The van der Waals surface area contributed by atoms with Crippen LogP contribution in [0, 0.1) is 0 Å². The number of furan rings is 1. The normalized spacial score (nSPS) is 11.1. The van der Waals surface area contributed by atoms with Crippen LogP contribution in [0.25, 0.3) is 6.08 Å². The molecule has 31 heavy (non-hydrogen) atoms. The van der Waals surface area contributed by atoms with Gasteiger partial charge in [0.05, 0.1) is 18.3 Å². The van der Waals surface area contributed by atoms with E-state index >= 15 is 0 Å². The van der Waals surface area contributed by atoms with E-state index in [9.17, 15) is 13.2 Å². The summed E-state index contributed by atoms with van der Waals surface area (Å²) in [6.45, 7) is 0. The Kier molecular flexibility index (Phi) is 6.95. The van der Waals surface area contributed by atoms with E-state index in [1.54, 1.807) is 12.1 Å². The lowest BCUT2D eigenvalue weighted by Crippen LogP contribution is -2.32. The van der Waals surface area contributed by atoms with Gasteiger partial charge in [0.15, 0.2) is 10.9 Å². The topological polar surface area (TPSA) is 135 Å². The molecule has 0 unspecified atom stereocenters. The molecule has 1 amide bonds. The summed E-state index contributed by atoms with van der Waals surface area (Å²) in [6, 6.07) is 12.1. The van der Waals surface area contributed by atoms with Crippen molar-refractivity contribution < 1.29 is 22.4 Å². The minimum Gasteiger partial charge on any atom is -0.480 e. The number of hydrogen-bond donors (Lipinski definition) is 3. The number of aromatic nitrogens is 2. The van der Waals surface area contributed by atoms with Crippen LogP contribution in [0.1, 0.15) is 5.76 Å². The van der Waals surface area contributed by atoms with E-state index in [-0.39, 0.29) is 21.7 Å². The third-order valence-electron chi connectivity index (χ3n) is 3.69. The van der Waals surface area contributed by atoms with Gasteiger partial charge in [-0.1, -0.05) is 0 Å². The lowest BCUT2D eigenvalue weighted by atomic mass is 10.3. The van der Waals surface area contributed by atoms with E-state index in [4.69, 9.17) is 21.4 Å². The minimum absolute atomic E-state index is 0.00648. The van der Waals surface area contributed by atoms with E-state index in [0.717, 1.165) is 0 Å². The molecule has 1 aromatic carbocycles. The quantitative estimate of drug-likeness (QED) is 0.359. The molecule has 2 aromatic heterocycles. The molecule has 0 spiro atoms. The summed E-state index contributed by atoms with van der Waals surface area (Å²) in [5.41, 5.74) is 0.489. The van der Waals surface area contributed by atoms with Gasteiger partial charge in [0.25, 0.3) is 10.0 Å². The summed E-state index contributed by atoms with van der Waals surface area (Å²) in [5, 5.41) is 12.8. The first kappa shape index (κ1) is 21.9. The first-order valence-electron chi connectivity index (χ1n) is 8.70. The van der Waals surface area contributed by atoms with Gasteiger partial charge in [-0.15, -0.1) is 10.2 Å². The van der Waals surface area contributed by atoms with Gasteiger partial charge in [0.1, 0.15) is 5.76 Å². The van der Waals surface area contributed by atoms with E-state index < -0.39 is 15.9 Å². The Balaban J connectivity index is 1.57. The predicted molar refractivity (Wildman–Crippen MR) is 118 cm³/mol. The van der Waals surface area contributed by atoms with Gasteiger partial charge in [0, 0.05) is 17.8 Å². The predicted octanol–water partition coefficient (Wildman–Crippen LogP) is 2.41. The van der Waals surface area contributed by atoms with Crippen LogP contribution in [0.2, 0.25) is 0 Å². The Bertz CT molecular complexity index is 1180. The number of thiocarbonyl (C=S) groups is 1. The van der Waals surface area contributed by atoms with Gasteiger partial charge in [-0.25, -0.2) is 8.42 Å². The van der Waals surface area contributed by atoms with Crippen LogP contribution < -0.4 is 20.1 Å². The molecule has 3 aromatic rings. The smallest absolute Gasteiger partial charge is 0.263 e. The van der Waals surface area contributed by atoms with Crippen LogP contribution in [0.15, 0.2) is 70.2 Å². The highest BCUT2D eigenvalue weighted by Crippen LogP contribution is 2.17. The summed E-state index contributed by atoms with van der Waals surface area (Å²) in [6.07, 6.45) is 4.27. The second-order valence-corrected chi connectivity index (χ2v) is 7.97. The number of methoxy groups -OCH3 is 1. The largest absolute Gasteiger partial charge is 0.480 e. The molecule has 0 fully saturated rings. The van der Waals surface area contributed by atoms with E-state index in [1.807, 2.05) is 0 Å². The molecular formula is C19H17N5O5S2. The van der Waals surface area contributed by atoms with Crippen LogP contribution >= 0.6 is 12.2 Å². The lowest BCUT2D eigenvalue weighted by molar-refractivity contribution is -0.115. The number of amides is 1. The number of sulfonamides is 1. The van der Waals surface area contributed by atoms with Crippen LogP contribution in [-0.4, -0.2) is 36.7 Å². The SMILES string of the molecule is COc1ccc(NS(=O)(=O)c2ccc(NC(=S)NC(=O)/C=C/c3ccco3)cc2)nn1. The zero-order chi connectivity index (χ0) is 22.3. The Morgan fingerprint density at radius 3 is 2.52 bits per heavy atom. The van der Waals surface area contributed by atoms with Crippen molar-refractivity contribution in [1.82, 2.24) is 15.5 Å². The van der Waals surface area contributed by atoms with Crippen molar-refractivity contribution in [2.45, 2.75) is 4.90 Å². The highest BCUT2D eigenvalue weighted by Gasteiger charge is 2.15. The van der Waals surface area contributed by atoms with Crippen LogP contribution in [0.5, 0.6) is 5.88 Å². The maximum absolute atomic E-state index is 12.5. The molecule has 160 valence electrons. The number of anilines is 2. The summed E-state index contributed by atoms with van der Waals surface area (Å²) in [5.74, 6) is 0.394. The van der Waals surface area contributed by atoms with Gasteiger partial charge >= 0.3 is 0 Å². The van der Waals surface area contributed by atoms with Crippen molar-refractivity contribution in [2.75, 3.05) is 17.1 Å². The molecule has 0 aliphatic carbocycles. The molecule has 0 atom stereocenters. The molecule has 3 rings (SSSR count). The van der Waals surface area contributed by atoms with Gasteiger partial charge in [-0.3, -0.25) is 14.8 Å². The summed E-state index contributed by atoms with van der Waals surface area (Å²) >= 11 is 5.08. The Labute approximate surface area is 183 Å². The van der Waals surface area contributed by atoms with Crippen LogP contribution in [-0.2, 0) is 14.8 Å². The first-order chi connectivity index (χ1) is 14.9. The Morgan fingerprint density at radius 2 is 1.90 bits per heavy atom. The molecular weight excluding hydrogens is 442 g/mol. The molecule has 0 saturated carbocycles. The maximum atomic E-state index is 12.5. The fourth-order valence-electron chi connectivity index (χ4n) is 2.26. The average Bonchev–Trinajstić information content (AvgIpc) is 3.26. The number of hydrogen-bond acceptors (Lipinski definition) is 8. The van der Waals surface area contributed by atoms with Crippen molar-refractivity contribution in [1.29, 1.82) is 0 Å². The molecule has 10 nitrogen and oxygen atoms in total. The number of nitrogens with one attached hydrogen (secondary N) is 3. The third kappa shape index (κ3) is 6.35. The maximum Gasteiger partial charge on any atom is 0.263 e. The Morgan fingerprint density at radius 1 is 1.13 bits per heavy atom. The number of carbonyl (C=O) groups is 1. The van der Waals surface area contributed by atoms with Crippen LogP contribution in [0.3, 0.4) is 0 Å². The molecule has 3 N–H and O–H groups in total. The van der Waals surface area contributed by atoms with E-state index in [1.165, 1.54) is 61.9 Å². The van der Waals surface area contributed by atoms with Crippen molar-refractivity contribution in [3.05, 3.63) is 66.6 Å². The Hall–Kier alpha value is -3.77. The molecule has 0 saturated heterocycles. The van der Waals surface area contributed by atoms with Crippen LogP contribution in [0.4, 0.5) is 11.5 Å². The van der Waals surface area contributed by atoms with Crippen molar-refractivity contribution in [2.24, 2.45) is 0 Å². The highest BCUT2D eigenvalue weighted by molar-refractivity contribution is 7.92. The standard InChI is InChI=1S/C19H17N5O5S2/c1-28-18-11-9-16(22-23-18)24-31(26,27)15-7-4-13(5-8-15)20-19(30)21-17(25)10-6-14-3-2-12-29-14/h2-12H,1H3,(H,22,24)(H2,20,21,25,30)/b10-6+.